The van der Waals surface area contributed by atoms with Crippen LogP contribution in [0.3, 0.4) is 0 Å². The average Bonchev–Trinajstić information content (AvgIpc) is 3.04. The van der Waals surface area contributed by atoms with Crippen molar-refractivity contribution in [1.82, 2.24) is 20.3 Å². The van der Waals surface area contributed by atoms with E-state index >= 15 is 0 Å². The quantitative estimate of drug-likeness (QED) is 0.784. The van der Waals surface area contributed by atoms with E-state index in [0.717, 1.165) is 17.0 Å². The van der Waals surface area contributed by atoms with E-state index in [1.165, 1.54) is 10.9 Å². The van der Waals surface area contributed by atoms with Gasteiger partial charge in [-0.1, -0.05) is 32.0 Å². The molecular weight excluding hydrogens is 276 g/mol. The predicted octanol–water partition coefficient (Wildman–Crippen LogP) is 3.36. The Bertz CT molecular complexity index is 772. The number of hydrogen-bond acceptors (Lipinski definition) is 4. The molecule has 22 heavy (non-hydrogen) atoms. The van der Waals surface area contributed by atoms with Gasteiger partial charge in [-0.2, -0.15) is 15.0 Å². The lowest BCUT2D eigenvalue weighted by Gasteiger charge is -2.20. The van der Waals surface area contributed by atoms with Crippen LogP contribution in [0.5, 0.6) is 0 Å². The van der Waals surface area contributed by atoms with Gasteiger partial charge in [0.1, 0.15) is 11.3 Å². The molecule has 5 heteroatoms. The minimum Gasteiger partial charge on any atom is -0.459 e. The molecular formula is C17H22N4O. The van der Waals surface area contributed by atoms with E-state index in [-0.39, 0.29) is 6.04 Å². The Morgan fingerprint density at radius 3 is 2.68 bits per heavy atom. The first-order chi connectivity index (χ1) is 10.6. The van der Waals surface area contributed by atoms with E-state index in [9.17, 15) is 0 Å². The Balaban J connectivity index is 1.87. The molecule has 0 amide bonds. The van der Waals surface area contributed by atoms with E-state index in [1.54, 1.807) is 11.0 Å². The molecule has 1 unspecified atom stereocenters. The SMILES string of the molecule is Cc1c(C(NCc2cnn(C)n2)C(C)C)oc2ccccc12. The Labute approximate surface area is 130 Å². The Kier molecular flexibility index (Phi) is 3.98. The third kappa shape index (κ3) is 2.76. The molecule has 2 heterocycles. The highest BCUT2D eigenvalue weighted by molar-refractivity contribution is 5.82. The maximum absolute atomic E-state index is 6.11. The first-order valence-corrected chi connectivity index (χ1v) is 7.63. The smallest absolute Gasteiger partial charge is 0.134 e. The van der Waals surface area contributed by atoms with Crippen molar-refractivity contribution in [3.05, 3.63) is 47.5 Å². The summed E-state index contributed by atoms with van der Waals surface area (Å²) in [6.07, 6.45) is 1.79. The number of nitrogens with one attached hydrogen (secondary N) is 1. The largest absolute Gasteiger partial charge is 0.459 e. The van der Waals surface area contributed by atoms with E-state index in [4.69, 9.17) is 4.42 Å². The van der Waals surface area contributed by atoms with Crippen LogP contribution in [-0.2, 0) is 13.6 Å². The van der Waals surface area contributed by atoms with Crippen molar-refractivity contribution in [3.63, 3.8) is 0 Å². The van der Waals surface area contributed by atoms with Crippen LogP contribution in [0.1, 0.15) is 36.9 Å². The second-order valence-corrected chi connectivity index (χ2v) is 6.02. The lowest BCUT2D eigenvalue weighted by molar-refractivity contribution is 0.345. The molecule has 0 aliphatic rings. The van der Waals surface area contributed by atoms with Crippen LogP contribution in [0.15, 0.2) is 34.9 Å². The van der Waals surface area contributed by atoms with Crippen LogP contribution in [0.25, 0.3) is 11.0 Å². The summed E-state index contributed by atoms with van der Waals surface area (Å²) in [5, 5.41) is 13.2. The summed E-state index contributed by atoms with van der Waals surface area (Å²) in [5.41, 5.74) is 3.09. The number of furan rings is 1. The third-order valence-corrected chi connectivity index (χ3v) is 3.98. The normalized spacial score (nSPS) is 13.1. The second kappa shape index (κ2) is 5.93. The molecule has 0 bridgehead atoms. The van der Waals surface area contributed by atoms with Crippen LogP contribution in [0.2, 0.25) is 0 Å². The van der Waals surface area contributed by atoms with Crippen LogP contribution < -0.4 is 5.32 Å². The van der Waals surface area contributed by atoms with Crippen molar-refractivity contribution < 1.29 is 4.42 Å². The van der Waals surface area contributed by atoms with E-state index < -0.39 is 0 Å². The standard InChI is InChI=1S/C17H22N4O/c1-11(2)16(18-9-13-10-19-21(4)20-13)17-12(3)14-7-5-6-8-15(14)22-17/h5-8,10-11,16,18H,9H2,1-4H3. The zero-order valence-electron chi connectivity index (χ0n) is 13.5. The van der Waals surface area contributed by atoms with Crippen molar-refractivity contribution >= 4 is 11.0 Å². The molecule has 0 aliphatic heterocycles. The molecule has 3 rings (SSSR count). The number of fused-ring (bicyclic) bond motifs is 1. The summed E-state index contributed by atoms with van der Waals surface area (Å²) in [4.78, 5) is 1.58. The van der Waals surface area contributed by atoms with Crippen LogP contribution >= 0.6 is 0 Å². The van der Waals surface area contributed by atoms with Crippen LogP contribution in [0.4, 0.5) is 0 Å². The number of rotatable bonds is 5. The van der Waals surface area contributed by atoms with Crippen LogP contribution in [0, 0.1) is 12.8 Å². The minimum atomic E-state index is 0.148. The molecule has 3 aromatic rings. The number of hydrogen-bond donors (Lipinski definition) is 1. The van der Waals surface area contributed by atoms with Crippen molar-refractivity contribution in [2.45, 2.75) is 33.4 Å². The topological polar surface area (TPSA) is 55.9 Å². The first kappa shape index (κ1) is 14.8. The molecule has 0 radical (unpaired) electrons. The molecule has 1 atom stereocenters. The molecule has 0 spiro atoms. The van der Waals surface area contributed by atoms with E-state index in [1.807, 2.05) is 25.2 Å². The zero-order valence-corrected chi connectivity index (χ0v) is 13.5. The van der Waals surface area contributed by atoms with Gasteiger partial charge in [-0.05, 0) is 24.5 Å². The number of benzene rings is 1. The predicted molar refractivity (Wildman–Crippen MR) is 86.4 cm³/mol. The highest BCUT2D eigenvalue weighted by Crippen LogP contribution is 2.32. The third-order valence-electron chi connectivity index (χ3n) is 3.98. The van der Waals surface area contributed by atoms with Gasteiger partial charge in [-0.15, -0.1) is 0 Å². The summed E-state index contributed by atoms with van der Waals surface area (Å²) < 4.78 is 6.11. The summed E-state index contributed by atoms with van der Waals surface area (Å²) in [6.45, 7) is 7.19. The van der Waals surface area contributed by atoms with Crippen molar-refractivity contribution in [2.24, 2.45) is 13.0 Å². The molecule has 116 valence electrons. The fourth-order valence-electron chi connectivity index (χ4n) is 2.80. The highest BCUT2D eigenvalue weighted by atomic mass is 16.3. The fourth-order valence-corrected chi connectivity index (χ4v) is 2.80. The van der Waals surface area contributed by atoms with Crippen molar-refractivity contribution in [1.29, 1.82) is 0 Å². The Morgan fingerprint density at radius 1 is 1.27 bits per heavy atom. The van der Waals surface area contributed by atoms with Gasteiger partial charge in [0.25, 0.3) is 0 Å². The Morgan fingerprint density at radius 2 is 2.05 bits per heavy atom. The molecule has 1 N–H and O–H groups in total. The summed E-state index contributed by atoms with van der Waals surface area (Å²) >= 11 is 0. The van der Waals surface area contributed by atoms with Gasteiger partial charge in [0.05, 0.1) is 17.9 Å². The van der Waals surface area contributed by atoms with Gasteiger partial charge in [0.15, 0.2) is 0 Å². The average molecular weight is 298 g/mol. The molecule has 2 aromatic heterocycles. The lowest BCUT2D eigenvalue weighted by atomic mass is 9.98. The van der Waals surface area contributed by atoms with Gasteiger partial charge >= 0.3 is 0 Å². The van der Waals surface area contributed by atoms with Gasteiger partial charge < -0.3 is 9.73 Å². The van der Waals surface area contributed by atoms with E-state index in [2.05, 4.69) is 42.4 Å². The first-order valence-electron chi connectivity index (χ1n) is 7.63. The molecule has 1 aromatic carbocycles. The monoisotopic (exact) mass is 298 g/mol. The maximum Gasteiger partial charge on any atom is 0.134 e. The number of para-hydroxylation sites is 1. The molecule has 0 aliphatic carbocycles. The molecule has 5 nitrogen and oxygen atoms in total. The molecule has 0 saturated heterocycles. The summed E-state index contributed by atoms with van der Waals surface area (Å²) in [5.74, 6) is 1.43. The van der Waals surface area contributed by atoms with Gasteiger partial charge in [-0.3, -0.25) is 0 Å². The van der Waals surface area contributed by atoms with Gasteiger partial charge in [0.2, 0.25) is 0 Å². The van der Waals surface area contributed by atoms with E-state index in [0.29, 0.717) is 12.5 Å². The lowest BCUT2D eigenvalue weighted by Crippen LogP contribution is -2.25. The maximum atomic E-state index is 6.11. The van der Waals surface area contributed by atoms with Crippen molar-refractivity contribution in [3.8, 4) is 0 Å². The fraction of sp³-hybridized carbons (Fsp3) is 0.412. The van der Waals surface area contributed by atoms with Gasteiger partial charge in [-0.25, -0.2) is 0 Å². The highest BCUT2D eigenvalue weighted by Gasteiger charge is 2.23. The molecule has 0 fully saturated rings. The summed E-state index contributed by atoms with van der Waals surface area (Å²) in [6, 6.07) is 8.33. The number of nitrogens with zero attached hydrogens (tertiary/aromatic N) is 3. The molecule has 0 saturated carbocycles. The zero-order chi connectivity index (χ0) is 15.7. The van der Waals surface area contributed by atoms with Gasteiger partial charge in [0, 0.05) is 19.0 Å². The number of aryl methyl sites for hydroxylation is 2. The summed E-state index contributed by atoms with van der Waals surface area (Å²) in [7, 11) is 1.83. The second-order valence-electron chi connectivity index (χ2n) is 6.02. The minimum absolute atomic E-state index is 0.148. The number of aromatic nitrogens is 3. The van der Waals surface area contributed by atoms with Crippen molar-refractivity contribution in [2.75, 3.05) is 0 Å². The Hall–Kier alpha value is -2.14. The van der Waals surface area contributed by atoms with Crippen LogP contribution in [-0.4, -0.2) is 15.0 Å².